The number of amides is 3. The second-order valence-corrected chi connectivity index (χ2v) is 5.96. The van der Waals surface area contributed by atoms with E-state index in [4.69, 9.17) is 0 Å². The van der Waals surface area contributed by atoms with Crippen molar-refractivity contribution in [3.63, 3.8) is 0 Å². The quantitative estimate of drug-likeness (QED) is 0.763. The number of carbonyl (C=O) groups excluding carboxylic acids is 2. The molecule has 0 saturated carbocycles. The van der Waals surface area contributed by atoms with E-state index in [1.54, 1.807) is 4.90 Å². The van der Waals surface area contributed by atoms with Gasteiger partial charge in [-0.3, -0.25) is 4.79 Å². The monoisotopic (exact) mass is 282 g/mol. The lowest BCUT2D eigenvalue weighted by atomic mass is 9.81. The highest BCUT2D eigenvalue weighted by Crippen LogP contribution is 2.28. The fourth-order valence-corrected chi connectivity index (χ4v) is 3.00. The number of carbonyl (C=O) groups is 2. The van der Waals surface area contributed by atoms with E-state index in [2.05, 4.69) is 17.6 Å². The van der Waals surface area contributed by atoms with Crippen LogP contribution in [0.15, 0.2) is 0 Å². The van der Waals surface area contributed by atoms with E-state index in [0.29, 0.717) is 32.7 Å². The minimum absolute atomic E-state index is 0.0230. The predicted molar refractivity (Wildman–Crippen MR) is 77.4 cm³/mol. The fraction of sp³-hybridized carbons (Fsp3) is 0.857. The Bertz CT molecular complexity index is 358. The van der Waals surface area contributed by atoms with Crippen LogP contribution in [0.5, 0.6) is 0 Å². The van der Waals surface area contributed by atoms with Crippen LogP contribution in [-0.2, 0) is 4.79 Å². The molecule has 2 aliphatic heterocycles. The molecule has 114 valence electrons. The van der Waals surface area contributed by atoms with Gasteiger partial charge in [-0.15, -0.1) is 0 Å². The van der Waals surface area contributed by atoms with Crippen LogP contribution in [-0.4, -0.2) is 67.6 Å². The lowest BCUT2D eigenvalue weighted by Crippen LogP contribution is -2.57. The minimum Gasteiger partial charge on any atom is -0.339 e. The van der Waals surface area contributed by atoms with Crippen molar-refractivity contribution < 1.29 is 9.59 Å². The molecule has 0 spiro atoms. The molecule has 0 aromatic rings. The number of hydrogen-bond acceptors (Lipinski definition) is 3. The van der Waals surface area contributed by atoms with E-state index in [9.17, 15) is 9.59 Å². The van der Waals surface area contributed by atoms with Crippen LogP contribution < -0.4 is 10.6 Å². The normalized spacial score (nSPS) is 27.3. The Morgan fingerprint density at radius 1 is 1.20 bits per heavy atom. The topological polar surface area (TPSA) is 64.7 Å². The second kappa shape index (κ2) is 6.43. The van der Waals surface area contributed by atoms with Gasteiger partial charge in [-0.25, -0.2) is 4.79 Å². The molecule has 1 atom stereocenters. The molecule has 20 heavy (non-hydrogen) atoms. The number of urea groups is 1. The van der Waals surface area contributed by atoms with Crippen molar-refractivity contribution in [3.05, 3.63) is 0 Å². The Balaban J connectivity index is 1.87. The molecule has 0 aromatic heterocycles. The first-order valence-corrected chi connectivity index (χ1v) is 7.60. The van der Waals surface area contributed by atoms with Crippen LogP contribution >= 0.6 is 0 Å². The molecule has 2 fully saturated rings. The fourth-order valence-electron chi connectivity index (χ4n) is 3.00. The maximum Gasteiger partial charge on any atom is 0.317 e. The molecule has 2 aliphatic rings. The summed E-state index contributed by atoms with van der Waals surface area (Å²) in [7, 11) is 0. The van der Waals surface area contributed by atoms with Crippen molar-refractivity contribution in [1.29, 1.82) is 0 Å². The third-order valence-electron chi connectivity index (χ3n) is 4.30. The summed E-state index contributed by atoms with van der Waals surface area (Å²) in [6, 6.07) is -0.0230. The number of hydrogen-bond donors (Lipinski definition) is 2. The summed E-state index contributed by atoms with van der Waals surface area (Å²) in [5, 5.41) is 6.12. The molecule has 0 radical (unpaired) electrons. The van der Waals surface area contributed by atoms with Gasteiger partial charge < -0.3 is 20.4 Å². The molecule has 3 amide bonds. The van der Waals surface area contributed by atoms with Crippen LogP contribution in [0.25, 0.3) is 0 Å². The molecule has 6 nitrogen and oxygen atoms in total. The first-order chi connectivity index (χ1) is 9.57. The molecular formula is C14H26N4O2. The third kappa shape index (κ3) is 3.23. The molecule has 2 heterocycles. The molecule has 2 N–H and O–H groups in total. The van der Waals surface area contributed by atoms with E-state index in [0.717, 1.165) is 25.9 Å². The first-order valence-electron chi connectivity index (χ1n) is 7.60. The molecule has 2 rings (SSSR count). The van der Waals surface area contributed by atoms with Gasteiger partial charge in [0.1, 0.15) is 0 Å². The summed E-state index contributed by atoms with van der Waals surface area (Å²) in [5.41, 5.74) is -0.272. The maximum atomic E-state index is 12.6. The first kappa shape index (κ1) is 15.1. The standard InChI is InChI=1S/C14H26N4O2/c1-3-16-13(20)18-9-7-17(8-10-18)12(19)14(2)5-4-6-15-11-14/h15H,3-11H2,1-2H3,(H,16,20). The largest absolute Gasteiger partial charge is 0.339 e. The number of piperazine rings is 1. The van der Waals surface area contributed by atoms with Crippen molar-refractivity contribution >= 4 is 11.9 Å². The highest BCUT2D eigenvalue weighted by Gasteiger charge is 2.38. The average molecular weight is 282 g/mol. The van der Waals surface area contributed by atoms with Crippen molar-refractivity contribution in [2.45, 2.75) is 26.7 Å². The Labute approximate surface area is 120 Å². The molecular weight excluding hydrogens is 256 g/mol. The second-order valence-electron chi connectivity index (χ2n) is 5.96. The Morgan fingerprint density at radius 3 is 2.40 bits per heavy atom. The van der Waals surface area contributed by atoms with Crippen LogP contribution in [0.3, 0.4) is 0 Å². The number of nitrogens with zero attached hydrogens (tertiary/aromatic N) is 2. The van der Waals surface area contributed by atoms with E-state index >= 15 is 0 Å². The van der Waals surface area contributed by atoms with Gasteiger partial charge in [-0.2, -0.15) is 0 Å². The smallest absolute Gasteiger partial charge is 0.317 e. The van der Waals surface area contributed by atoms with E-state index < -0.39 is 0 Å². The van der Waals surface area contributed by atoms with Gasteiger partial charge >= 0.3 is 6.03 Å². The van der Waals surface area contributed by atoms with Gasteiger partial charge in [-0.1, -0.05) is 0 Å². The van der Waals surface area contributed by atoms with Crippen molar-refractivity contribution in [3.8, 4) is 0 Å². The number of nitrogens with one attached hydrogen (secondary N) is 2. The molecule has 6 heteroatoms. The Hall–Kier alpha value is -1.30. The van der Waals surface area contributed by atoms with Gasteiger partial charge in [0.15, 0.2) is 0 Å². The van der Waals surface area contributed by atoms with Crippen LogP contribution in [0.2, 0.25) is 0 Å². The van der Waals surface area contributed by atoms with E-state index in [1.807, 2.05) is 11.8 Å². The van der Waals surface area contributed by atoms with Crippen molar-refractivity contribution in [2.75, 3.05) is 45.8 Å². The third-order valence-corrected chi connectivity index (χ3v) is 4.30. The summed E-state index contributed by atoms with van der Waals surface area (Å²) in [4.78, 5) is 28.1. The zero-order chi connectivity index (χ0) is 14.6. The number of rotatable bonds is 2. The van der Waals surface area contributed by atoms with Gasteiger partial charge in [0.05, 0.1) is 5.41 Å². The average Bonchev–Trinajstić information content (AvgIpc) is 2.48. The highest BCUT2D eigenvalue weighted by atomic mass is 16.2. The summed E-state index contributed by atoms with van der Waals surface area (Å²) < 4.78 is 0. The van der Waals surface area contributed by atoms with Crippen LogP contribution in [0, 0.1) is 5.41 Å². The predicted octanol–water partition coefficient (Wildman–Crippen LogP) is 0.250. The molecule has 1 unspecified atom stereocenters. The molecule has 0 bridgehead atoms. The summed E-state index contributed by atoms with van der Waals surface area (Å²) in [6.45, 7) is 8.92. The summed E-state index contributed by atoms with van der Waals surface area (Å²) >= 11 is 0. The van der Waals surface area contributed by atoms with Crippen LogP contribution in [0.4, 0.5) is 4.79 Å². The lowest BCUT2D eigenvalue weighted by molar-refractivity contribution is -0.143. The molecule has 2 saturated heterocycles. The maximum absolute atomic E-state index is 12.6. The Kier molecular flexibility index (Phi) is 4.86. The minimum atomic E-state index is -0.272. The molecule has 0 aromatic carbocycles. The summed E-state index contributed by atoms with van der Waals surface area (Å²) in [5.74, 6) is 0.236. The highest BCUT2D eigenvalue weighted by molar-refractivity contribution is 5.83. The number of piperidine rings is 1. The Morgan fingerprint density at radius 2 is 1.85 bits per heavy atom. The van der Waals surface area contributed by atoms with Gasteiger partial charge in [0.25, 0.3) is 0 Å². The van der Waals surface area contributed by atoms with E-state index in [-0.39, 0.29) is 17.4 Å². The van der Waals surface area contributed by atoms with Crippen molar-refractivity contribution in [1.82, 2.24) is 20.4 Å². The summed E-state index contributed by atoms with van der Waals surface area (Å²) in [6.07, 6.45) is 2.01. The zero-order valence-corrected chi connectivity index (χ0v) is 12.6. The van der Waals surface area contributed by atoms with Crippen molar-refractivity contribution in [2.24, 2.45) is 5.41 Å². The molecule has 0 aliphatic carbocycles. The van der Waals surface area contributed by atoms with Gasteiger partial charge in [0, 0.05) is 39.3 Å². The van der Waals surface area contributed by atoms with Gasteiger partial charge in [0.2, 0.25) is 5.91 Å². The lowest BCUT2D eigenvalue weighted by Gasteiger charge is -2.41. The van der Waals surface area contributed by atoms with Crippen LogP contribution in [0.1, 0.15) is 26.7 Å². The van der Waals surface area contributed by atoms with Gasteiger partial charge in [-0.05, 0) is 33.2 Å². The zero-order valence-electron chi connectivity index (χ0n) is 12.6. The van der Waals surface area contributed by atoms with E-state index in [1.165, 1.54) is 0 Å². The SMILES string of the molecule is CCNC(=O)N1CCN(C(=O)C2(C)CCCNC2)CC1.